The summed E-state index contributed by atoms with van der Waals surface area (Å²) in [4.78, 5) is 0. The summed E-state index contributed by atoms with van der Waals surface area (Å²) in [6, 6.07) is 9.25. The molecular formula is C28H42O. The molecule has 0 saturated heterocycles. The van der Waals surface area contributed by atoms with E-state index in [1.807, 2.05) is 13.0 Å². The molecule has 0 aromatic heterocycles. The Kier molecular flexibility index (Phi) is 9.54. The van der Waals surface area contributed by atoms with E-state index in [0.717, 1.165) is 23.7 Å². The van der Waals surface area contributed by atoms with Crippen LogP contribution < -0.4 is 0 Å². The Hall–Kier alpha value is -1.34. The molecule has 3 rings (SSSR count). The van der Waals surface area contributed by atoms with Gasteiger partial charge < -0.3 is 4.74 Å². The van der Waals surface area contributed by atoms with Crippen LogP contribution in [-0.2, 0) is 11.3 Å². The van der Waals surface area contributed by atoms with E-state index in [9.17, 15) is 0 Å². The zero-order valence-electron chi connectivity index (χ0n) is 18.8. The molecule has 2 saturated carbocycles. The highest BCUT2D eigenvalue weighted by Gasteiger charge is 2.30. The van der Waals surface area contributed by atoms with Gasteiger partial charge in [0.15, 0.2) is 0 Å². The zero-order chi connectivity index (χ0) is 20.3. The fraction of sp³-hybridized carbons (Fsp3) is 0.643. The first-order valence-electron chi connectivity index (χ1n) is 12.2. The maximum Gasteiger partial charge on any atom is 0.0721 e. The van der Waals surface area contributed by atoms with Gasteiger partial charge in [-0.25, -0.2) is 0 Å². The van der Waals surface area contributed by atoms with Crippen molar-refractivity contribution in [2.24, 2.45) is 17.8 Å². The second-order valence-corrected chi connectivity index (χ2v) is 9.33. The van der Waals surface area contributed by atoms with Crippen molar-refractivity contribution in [2.75, 3.05) is 6.61 Å². The zero-order valence-corrected chi connectivity index (χ0v) is 18.8. The molecule has 1 heteroatoms. The van der Waals surface area contributed by atoms with Gasteiger partial charge >= 0.3 is 0 Å². The molecule has 2 aliphatic rings. The maximum atomic E-state index is 5.67. The Balaban J connectivity index is 1.38. The Labute approximate surface area is 179 Å². The lowest BCUT2D eigenvalue weighted by atomic mass is 9.68. The first-order valence-corrected chi connectivity index (χ1v) is 12.2. The van der Waals surface area contributed by atoms with E-state index in [-0.39, 0.29) is 0 Å². The minimum absolute atomic E-state index is 0.708. The minimum atomic E-state index is 0.708. The van der Waals surface area contributed by atoms with E-state index in [2.05, 4.69) is 49.4 Å². The second kappa shape index (κ2) is 12.4. The Bertz CT molecular complexity index is 610. The molecule has 0 bridgehead atoms. The van der Waals surface area contributed by atoms with Crippen LogP contribution in [0.4, 0.5) is 0 Å². The molecule has 0 radical (unpaired) electrons. The van der Waals surface area contributed by atoms with Crippen LogP contribution in [0.15, 0.2) is 48.6 Å². The van der Waals surface area contributed by atoms with Crippen molar-refractivity contribution in [3.8, 4) is 0 Å². The summed E-state index contributed by atoms with van der Waals surface area (Å²) >= 11 is 0. The molecule has 29 heavy (non-hydrogen) atoms. The maximum absolute atomic E-state index is 5.67. The molecule has 0 unspecified atom stereocenters. The molecule has 1 aromatic rings. The normalized spacial score (nSPS) is 28.3. The van der Waals surface area contributed by atoms with Crippen molar-refractivity contribution in [2.45, 2.75) is 90.6 Å². The average molecular weight is 395 g/mol. The summed E-state index contributed by atoms with van der Waals surface area (Å²) in [6.45, 7) is 5.69. The van der Waals surface area contributed by atoms with Crippen molar-refractivity contribution < 1.29 is 4.74 Å². The Morgan fingerprint density at radius 3 is 2.10 bits per heavy atom. The highest BCUT2D eigenvalue weighted by molar-refractivity contribution is 5.25. The average Bonchev–Trinajstić information content (AvgIpc) is 2.78. The fourth-order valence-electron chi connectivity index (χ4n) is 5.50. The summed E-state index contributed by atoms with van der Waals surface area (Å²) in [7, 11) is 0. The predicted molar refractivity (Wildman–Crippen MR) is 125 cm³/mol. The van der Waals surface area contributed by atoms with Crippen LogP contribution in [0.5, 0.6) is 0 Å². The van der Waals surface area contributed by atoms with Gasteiger partial charge in [0, 0.05) is 0 Å². The van der Waals surface area contributed by atoms with E-state index >= 15 is 0 Å². The van der Waals surface area contributed by atoms with Crippen LogP contribution in [0.2, 0.25) is 0 Å². The van der Waals surface area contributed by atoms with Gasteiger partial charge in [-0.15, -0.1) is 0 Å². The molecule has 160 valence electrons. The van der Waals surface area contributed by atoms with Gasteiger partial charge in [-0.1, -0.05) is 55.5 Å². The molecule has 2 fully saturated rings. The summed E-state index contributed by atoms with van der Waals surface area (Å²) in [5.74, 6) is 3.75. The number of allylic oxidation sites excluding steroid dienone is 3. The van der Waals surface area contributed by atoms with Gasteiger partial charge in [-0.2, -0.15) is 0 Å². The lowest BCUT2D eigenvalue weighted by Gasteiger charge is -2.38. The predicted octanol–water partition coefficient (Wildman–Crippen LogP) is 8.22. The highest BCUT2D eigenvalue weighted by atomic mass is 16.5. The van der Waals surface area contributed by atoms with Crippen LogP contribution in [0, 0.1) is 17.8 Å². The first kappa shape index (κ1) is 22.3. The van der Waals surface area contributed by atoms with Crippen LogP contribution in [0.1, 0.15) is 95.1 Å². The molecule has 1 aromatic carbocycles. The lowest BCUT2D eigenvalue weighted by Crippen LogP contribution is -2.25. The van der Waals surface area contributed by atoms with E-state index in [1.165, 1.54) is 69.8 Å². The Morgan fingerprint density at radius 2 is 1.48 bits per heavy atom. The number of benzene rings is 1. The summed E-state index contributed by atoms with van der Waals surface area (Å²) in [5, 5.41) is 0. The number of hydrogen-bond acceptors (Lipinski definition) is 1. The van der Waals surface area contributed by atoms with Crippen molar-refractivity contribution in [1.82, 2.24) is 0 Å². The third kappa shape index (κ3) is 7.14. The van der Waals surface area contributed by atoms with E-state index in [1.54, 1.807) is 5.56 Å². The molecule has 0 heterocycles. The van der Waals surface area contributed by atoms with Crippen molar-refractivity contribution in [3.05, 3.63) is 59.7 Å². The standard InChI is InChI=1S/C28H42O/c1-3-5-7-8-23-9-13-25(14-10-23)27-17-19-28(20-18-27)26-15-11-24(12-16-26)22-29-21-6-4-2/h4-7,11-12,15-16,23,25,27-28H,3,8-10,13-14,17-22H2,1-2H3/b6-4+,7-5+/t23-,25-,27?,28?. The highest BCUT2D eigenvalue weighted by Crippen LogP contribution is 2.44. The Morgan fingerprint density at radius 1 is 0.828 bits per heavy atom. The van der Waals surface area contributed by atoms with Gasteiger partial charge in [0.1, 0.15) is 0 Å². The van der Waals surface area contributed by atoms with Crippen molar-refractivity contribution in [1.29, 1.82) is 0 Å². The third-order valence-corrected chi connectivity index (χ3v) is 7.37. The van der Waals surface area contributed by atoms with Crippen molar-refractivity contribution >= 4 is 0 Å². The largest absolute Gasteiger partial charge is 0.373 e. The molecule has 0 N–H and O–H groups in total. The second-order valence-electron chi connectivity index (χ2n) is 9.33. The third-order valence-electron chi connectivity index (χ3n) is 7.37. The summed E-state index contributed by atoms with van der Waals surface area (Å²) in [5.41, 5.74) is 2.84. The minimum Gasteiger partial charge on any atom is -0.373 e. The molecule has 2 aliphatic carbocycles. The van der Waals surface area contributed by atoms with Crippen LogP contribution in [-0.4, -0.2) is 6.61 Å². The lowest BCUT2D eigenvalue weighted by molar-refractivity contribution is 0.148. The van der Waals surface area contributed by atoms with Crippen molar-refractivity contribution in [3.63, 3.8) is 0 Å². The molecule has 0 spiro atoms. The SMILES string of the molecule is C/C=C/COCc1ccc(C2CCC([C@H]3CC[C@H](C/C=C/CC)CC3)CC2)cc1. The summed E-state index contributed by atoms with van der Waals surface area (Å²) < 4.78 is 5.67. The van der Waals surface area contributed by atoms with Crippen LogP contribution >= 0.6 is 0 Å². The van der Waals surface area contributed by atoms with E-state index in [0.29, 0.717) is 13.2 Å². The smallest absolute Gasteiger partial charge is 0.0721 e. The van der Waals surface area contributed by atoms with Gasteiger partial charge in [0.2, 0.25) is 0 Å². The summed E-state index contributed by atoms with van der Waals surface area (Å²) in [6.07, 6.45) is 23.0. The van der Waals surface area contributed by atoms with Crippen LogP contribution in [0.25, 0.3) is 0 Å². The molecule has 1 nitrogen and oxygen atoms in total. The van der Waals surface area contributed by atoms with Gasteiger partial charge in [-0.05, 0) is 106 Å². The monoisotopic (exact) mass is 394 g/mol. The van der Waals surface area contributed by atoms with Gasteiger partial charge in [0.05, 0.1) is 13.2 Å². The molecule has 0 aliphatic heterocycles. The number of ether oxygens (including phenoxy) is 1. The van der Waals surface area contributed by atoms with Crippen LogP contribution in [0.3, 0.4) is 0 Å². The number of rotatable bonds is 9. The number of hydrogen-bond donors (Lipinski definition) is 0. The van der Waals surface area contributed by atoms with Gasteiger partial charge in [-0.3, -0.25) is 0 Å². The molecule has 0 atom stereocenters. The topological polar surface area (TPSA) is 9.23 Å². The molecule has 0 amide bonds. The van der Waals surface area contributed by atoms with E-state index < -0.39 is 0 Å². The quantitative estimate of drug-likeness (QED) is 0.303. The molecular weight excluding hydrogens is 352 g/mol. The fourth-order valence-corrected chi connectivity index (χ4v) is 5.50. The first-order chi connectivity index (χ1) is 14.3. The van der Waals surface area contributed by atoms with Gasteiger partial charge in [0.25, 0.3) is 0 Å². The van der Waals surface area contributed by atoms with E-state index in [4.69, 9.17) is 4.74 Å².